The number of nitrogens with zero attached hydrogens (tertiary/aromatic N) is 1. The van der Waals surface area contributed by atoms with Crippen molar-refractivity contribution >= 4 is 47.3 Å². The second-order valence-corrected chi connectivity index (χ2v) is 9.64. The molecule has 36 heavy (non-hydrogen) atoms. The molecule has 0 aromatic heterocycles. The predicted molar refractivity (Wildman–Crippen MR) is 138 cm³/mol. The Labute approximate surface area is 215 Å². The summed E-state index contributed by atoms with van der Waals surface area (Å²) in [5.74, 6) is -3.86. The number of carboxylic acids is 1. The van der Waals surface area contributed by atoms with Crippen LogP contribution in [0, 0.1) is 5.92 Å². The van der Waals surface area contributed by atoms with Crippen LogP contribution in [0.25, 0.3) is 0 Å². The number of hydrogen-bond acceptors (Lipinski definition) is 8. The molecular weight excluding hydrogens is 492 g/mol. The van der Waals surface area contributed by atoms with E-state index < -0.39 is 60.2 Å². The van der Waals surface area contributed by atoms with Crippen molar-refractivity contribution in [3.05, 3.63) is 0 Å². The zero-order valence-corrected chi connectivity index (χ0v) is 21.8. The van der Waals surface area contributed by atoms with Crippen molar-refractivity contribution in [3.63, 3.8) is 0 Å². The number of thioether (sulfide) groups is 1. The van der Waals surface area contributed by atoms with Crippen molar-refractivity contribution in [1.82, 2.24) is 16.0 Å². The normalized spacial score (nSPS) is 14.1. The van der Waals surface area contributed by atoms with Gasteiger partial charge in [0.1, 0.15) is 18.1 Å². The minimum Gasteiger partial charge on any atom is -0.480 e. The number of rotatable bonds is 18. The zero-order valence-electron chi connectivity index (χ0n) is 21.0. The lowest BCUT2D eigenvalue weighted by Crippen LogP contribution is -2.58. The first-order chi connectivity index (χ1) is 16.8. The van der Waals surface area contributed by atoms with Gasteiger partial charge in [0.2, 0.25) is 23.6 Å². The molecular formula is C21H40N8O6S. The molecule has 15 heteroatoms. The first kappa shape index (κ1) is 32.9. The Morgan fingerprint density at radius 2 is 1.44 bits per heavy atom. The Hall–Kier alpha value is -3.07. The van der Waals surface area contributed by atoms with Crippen molar-refractivity contribution in [2.75, 3.05) is 18.6 Å². The minimum atomic E-state index is -1.35. The van der Waals surface area contributed by atoms with Crippen molar-refractivity contribution < 1.29 is 29.1 Å². The van der Waals surface area contributed by atoms with Gasteiger partial charge in [-0.25, -0.2) is 4.79 Å². The molecule has 0 rings (SSSR count). The Kier molecular flexibility index (Phi) is 15.9. The van der Waals surface area contributed by atoms with Crippen molar-refractivity contribution in [1.29, 1.82) is 0 Å². The third kappa shape index (κ3) is 14.4. The van der Waals surface area contributed by atoms with Crippen LogP contribution >= 0.6 is 11.8 Å². The van der Waals surface area contributed by atoms with Crippen LogP contribution in [-0.4, -0.2) is 83.4 Å². The van der Waals surface area contributed by atoms with Gasteiger partial charge in [-0.1, -0.05) is 13.8 Å². The Morgan fingerprint density at radius 3 is 1.94 bits per heavy atom. The number of guanidine groups is 1. The molecule has 4 atom stereocenters. The number of primary amides is 1. The van der Waals surface area contributed by atoms with Gasteiger partial charge < -0.3 is 44.0 Å². The van der Waals surface area contributed by atoms with Gasteiger partial charge in [-0.15, -0.1) is 0 Å². The Morgan fingerprint density at radius 1 is 0.889 bits per heavy atom. The van der Waals surface area contributed by atoms with Crippen LogP contribution in [0.3, 0.4) is 0 Å². The van der Waals surface area contributed by atoms with E-state index in [9.17, 15) is 29.1 Å². The van der Waals surface area contributed by atoms with E-state index in [4.69, 9.17) is 22.9 Å². The van der Waals surface area contributed by atoms with Crippen LogP contribution in [0.2, 0.25) is 0 Å². The topological polar surface area (TPSA) is 258 Å². The van der Waals surface area contributed by atoms with E-state index in [1.54, 1.807) is 0 Å². The van der Waals surface area contributed by atoms with Crippen LogP contribution in [-0.2, 0) is 24.0 Å². The molecule has 0 aromatic rings. The number of nitrogens with one attached hydrogen (secondary N) is 3. The van der Waals surface area contributed by atoms with E-state index in [2.05, 4.69) is 20.9 Å². The SMILES string of the molecule is CSCCC(N)C(=O)NC(CC(N)=O)C(=O)NC(CC(C)C)C(=O)NC(CCCN=C(N)N)C(=O)O. The average molecular weight is 533 g/mol. The van der Waals surface area contributed by atoms with Gasteiger partial charge in [0.15, 0.2) is 5.96 Å². The molecule has 206 valence electrons. The number of nitrogens with two attached hydrogens (primary N) is 4. The quantitative estimate of drug-likeness (QED) is 0.0526. The summed E-state index contributed by atoms with van der Waals surface area (Å²) in [4.78, 5) is 65.1. The van der Waals surface area contributed by atoms with Crippen molar-refractivity contribution in [2.24, 2.45) is 33.8 Å². The van der Waals surface area contributed by atoms with Crippen LogP contribution in [0.1, 0.15) is 46.0 Å². The summed E-state index contributed by atoms with van der Waals surface area (Å²) < 4.78 is 0. The molecule has 12 N–H and O–H groups in total. The molecule has 0 aromatic carbocycles. The van der Waals surface area contributed by atoms with Crippen LogP contribution in [0.4, 0.5) is 0 Å². The maximum Gasteiger partial charge on any atom is 0.326 e. The number of carbonyl (C=O) groups is 5. The Bertz CT molecular complexity index is 790. The molecule has 0 aliphatic heterocycles. The highest BCUT2D eigenvalue weighted by Gasteiger charge is 2.31. The fourth-order valence-electron chi connectivity index (χ4n) is 3.07. The zero-order chi connectivity index (χ0) is 27.8. The number of carbonyl (C=O) groups excluding carboxylic acids is 4. The van der Waals surface area contributed by atoms with Gasteiger partial charge in [0.25, 0.3) is 0 Å². The predicted octanol–water partition coefficient (Wildman–Crippen LogP) is -2.42. The van der Waals surface area contributed by atoms with E-state index >= 15 is 0 Å². The second kappa shape index (κ2) is 17.4. The van der Waals surface area contributed by atoms with Crippen LogP contribution in [0.5, 0.6) is 0 Å². The van der Waals surface area contributed by atoms with Gasteiger partial charge in [-0.2, -0.15) is 11.8 Å². The summed E-state index contributed by atoms with van der Waals surface area (Å²) in [5, 5.41) is 16.8. The smallest absolute Gasteiger partial charge is 0.326 e. The second-order valence-electron chi connectivity index (χ2n) is 8.66. The number of carboxylic acid groups (broad SMARTS) is 1. The molecule has 4 unspecified atom stereocenters. The number of aliphatic imine (C=N–C) groups is 1. The highest BCUT2D eigenvalue weighted by atomic mass is 32.2. The van der Waals surface area contributed by atoms with E-state index in [1.807, 2.05) is 20.1 Å². The molecule has 0 saturated carbocycles. The lowest BCUT2D eigenvalue weighted by Gasteiger charge is -2.25. The van der Waals surface area contributed by atoms with Crippen molar-refractivity contribution in [2.45, 2.75) is 70.1 Å². The third-order valence-electron chi connectivity index (χ3n) is 4.91. The number of aliphatic carboxylic acids is 1. The van der Waals surface area contributed by atoms with Gasteiger partial charge in [-0.3, -0.25) is 24.2 Å². The fourth-order valence-corrected chi connectivity index (χ4v) is 3.56. The standard InChI is InChI=1S/C21H40N8O6S/c1-11(2)9-14(18(32)27-13(20(34)35)5-4-7-26-21(24)25)29-19(33)15(10-16(23)30)28-17(31)12(22)6-8-36-3/h11-15H,4-10,22H2,1-3H3,(H2,23,30)(H,27,32)(H,28,31)(H,29,33)(H,34,35)(H4,24,25,26). The fraction of sp³-hybridized carbons (Fsp3) is 0.714. The summed E-state index contributed by atoms with van der Waals surface area (Å²) in [6, 6.07) is -4.62. The minimum absolute atomic E-state index is 0.0501. The molecule has 0 heterocycles. The van der Waals surface area contributed by atoms with Crippen molar-refractivity contribution in [3.8, 4) is 0 Å². The monoisotopic (exact) mass is 532 g/mol. The van der Waals surface area contributed by atoms with Crippen LogP contribution in [0.15, 0.2) is 4.99 Å². The molecule has 0 aliphatic carbocycles. The van der Waals surface area contributed by atoms with Gasteiger partial charge in [-0.05, 0) is 43.6 Å². The van der Waals surface area contributed by atoms with Gasteiger partial charge in [0, 0.05) is 6.54 Å². The number of amides is 4. The van der Waals surface area contributed by atoms with E-state index in [1.165, 1.54) is 11.8 Å². The third-order valence-corrected chi connectivity index (χ3v) is 5.55. The molecule has 4 amide bonds. The van der Waals surface area contributed by atoms with E-state index in [-0.39, 0.29) is 31.3 Å². The number of hydrogen-bond donors (Lipinski definition) is 8. The molecule has 0 saturated heterocycles. The first-order valence-electron chi connectivity index (χ1n) is 11.5. The van der Waals surface area contributed by atoms with E-state index in [0.717, 1.165) is 0 Å². The average Bonchev–Trinajstić information content (AvgIpc) is 2.77. The summed E-state index contributed by atoms with van der Waals surface area (Å²) in [7, 11) is 0. The van der Waals surface area contributed by atoms with E-state index in [0.29, 0.717) is 18.6 Å². The maximum atomic E-state index is 12.9. The maximum absolute atomic E-state index is 12.9. The summed E-state index contributed by atoms with van der Waals surface area (Å²) in [6.45, 7) is 3.80. The van der Waals surface area contributed by atoms with Gasteiger partial charge in [0.05, 0.1) is 12.5 Å². The Balaban J connectivity index is 5.45. The molecule has 0 fully saturated rings. The summed E-state index contributed by atoms with van der Waals surface area (Å²) in [6.07, 6.45) is 2.21. The molecule has 0 bridgehead atoms. The largest absolute Gasteiger partial charge is 0.480 e. The van der Waals surface area contributed by atoms with Crippen LogP contribution < -0.4 is 38.9 Å². The molecule has 14 nitrogen and oxygen atoms in total. The first-order valence-corrected chi connectivity index (χ1v) is 12.9. The lowest BCUT2D eigenvalue weighted by molar-refractivity contribution is -0.142. The summed E-state index contributed by atoms with van der Waals surface area (Å²) >= 11 is 1.50. The lowest BCUT2D eigenvalue weighted by atomic mass is 10.0. The van der Waals surface area contributed by atoms with Gasteiger partial charge >= 0.3 is 5.97 Å². The molecule has 0 spiro atoms. The molecule has 0 aliphatic rings. The highest BCUT2D eigenvalue weighted by Crippen LogP contribution is 2.08. The molecule has 0 radical (unpaired) electrons. The summed E-state index contributed by atoms with van der Waals surface area (Å²) in [5.41, 5.74) is 21.6. The highest BCUT2D eigenvalue weighted by molar-refractivity contribution is 7.98.